The standard InChI is InChI=1S/C21H16ClNO5S/c1-15-11-13-16(14-12-15)27-20(24)18-9-5-6-10-19(18)21(22)23(28-21)29(25,26)17-7-3-2-4-8-17/h2-14H,1H3. The minimum Gasteiger partial charge on any atom is -0.423 e. The van der Waals surface area contributed by atoms with Crippen molar-refractivity contribution in [2.75, 3.05) is 0 Å². The van der Waals surface area contributed by atoms with Crippen molar-refractivity contribution in [2.45, 2.75) is 17.0 Å². The van der Waals surface area contributed by atoms with E-state index in [4.69, 9.17) is 21.2 Å². The molecule has 2 unspecified atom stereocenters. The van der Waals surface area contributed by atoms with Gasteiger partial charge in [-0.2, -0.15) is 0 Å². The summed E-state index contributed by atoms with van der Waals surface area (Å²) in [5.74, 6) is -0.304. The van der Waals surface area contributed by atoms with Crippen molar-refractivity contribution >= 4 is 27.6 Å². The smallest absolute Gasteiger partial charge is 0.344 e. The van der Waals surface area contributed by atoms with Crippen LogP contribution in [0.3, 0.4) is 0 Å². The number of esters is 1. The highest BCUT2D eigenvalue weighted by atomic mass is 35.5. The minimum absolute atomic E-state index is 0.0299. The van der Waals surface area contributed by atoms with Crippen LogP contribution in [0, 0.1) is 6.92 Å². The quantitative estimate of drug-likeness (QED) is 0.200. The van der Waals surface area contributed by atoms with Crippen LogP contribution < -0.4 is 4.74 Å². The number of hydroxylamine groups is 1. The molecule has 1 fully saturated rings. The molecule has 6 nitrogen and oxygen atoms in total. The summed E-state index contributed by atoms with van der Waals surface area (Å²) in [4.78, 5) is 18.0. The van der Waals surface area contributed by atoms with Crippen LogP contribution in [0.15, 0.2) is 83.8 Å². The summed E-state index contributed by atoms with van der Waals surface area (Å²) in [6, 6.07) is 21.0. The van der Waals surface area contributed by atoms with Gasteiger partial charge in [-0.3, -0.25) is 0 Å². The zero-order valence-electron chi connectivity index (χ0n) is 15.3. The van der Waals surface area contributed by atoms with Crippen LogP contribution in [0.5, 0.6) is 5.75 Å². The van der Waals surface area contributed by atoms with Crippen LogP contribution in [0.4, 0.5) is 0 Å². The van der Waals surface area contributed by atoms with Crippen LogP contribution in [0.25, 0.3) is 0 Å². The number of hydrogen-bond donors (Lipinski definition) is 0. The first-order valence-electron chi connectivity index (χ1n) is 8.69. The largest absolute Gasteiger partial charge is 0.423 e. The molecule has 8 heteroatoms. The number of sulfonamides is 1. The molecule has 3 aromatic carbocycles. The van der Waals surface area contributed by atoms with Gasteiger partial charge in [-0.1, -0.05) is 65.7 Å². The zero-order chi connectivity index (χ0) is 20.6. The fraction of sp³-hybridized carbons (Fsp3) is 0.0952. The number of nitrogens with zero attached hydrogens (tertiary/aromatic N) is 1. The third-order valence-electron chi connectivity index (χ3n) is 4.38. The second kappa shape index (κ2) is 7.27. The first-order valence-corrected chi connectivity index (χ1v) is 10.5. The maximum atomic E-state index is 12.8. The van der Waals surface area contributed by atoms with Gasteiger partial charge in [0.05, 0.1) is 10.5 Å². The number of carbonyl (C=O) groups excluding carboxylic acids is 1. The van der Waals surface area contributed by atoms with Crippen molar-refractivity contribution in [3.05, 3.63) is 95.6 Å². The van der Waals surface area contributed by atoms with Crippen LogP contribution in [0.1, 0.15) is 21.5 Å². The molecule has 0 bridgehead atoms. The molecule has 1 aliphatic rings. The van der Waals surface area contributed by atoms with Crippen molar-refractivity contribution in [3.8, 4) is 5.75 Å². The fourth-order valence-corrected chi connectivity index (χ4v) is 4.68. The van der Waals surface area contributed by atoms with E-state index in [-0.39, 0.29) is 16.0 Å². The Morgan fingerprint density at radius 2 is 1.59 bits per heavy atom. The Kier molecular flexibility index (Phi) is 4.92. The van der Waals surface area contributed by atoms with Crippen molar-refractivity contribution < 1.29 is 22.8 Å². The summed E-state index contributed by atoms with van der Waals surface area (Å²) >= 11 is 6.46. The Hall–Kier alpha value is -2.71. The van der Waals surface area contributed by atoms with Crippen molar-refractivity contribution in [1.29, 1.82) is 0 Å². The molecule has 1 heterocycles. The molecule has 0 saturated carbocycles. The highest BCUT2D eigenvalue weighted by Crippen LogP contribution is 2.53. The lowest BCUT2D eigenvalue weighted by molar-refractivity contribution is 0.0732. The second-order valence-corrected chi connectivity index (χ2v) is 8.71. The molecule has 2 atom stereocenters. The normalized spacial score (nSPS) is 20.8. The topological polar surface area (TPSA) is 76.0 Å². The SMILES string of the molecule is Cc1ccc(OC(=O)c2ccccc2C2(Cl)ON2S(=O)(=O)c2ccccc2)cc1. The lowest BCUT2D eigenvalue weighted by atomic mass is 10.1. The molecule has 0 N–H and O–H groups in total. The van der Waals surface area contributed by atoms with E-state index in [1.807, 2.05) is 19.1 Å². The predicted octanol–water partition coefficient (Wildman–Crippen LogP) is 4.20. The van der Waals surface area contributed by atoms with E-state index >= 15 is 0 Å². The highest BCUT2D eigenvalue weighted by Gasteiger charge is 2.64. The fourth-order valence-electron chi connectivity index (χ4n) is 2.83. The van der Waals surface area contributed by atoms with E-state index in [9.17, 15) is 13.2 Å². The van der Waals surface area contributed by atoms with Crippen LogP contribution >= 0.6 is 11.6 Å². The second-order valence-electron chi connectivity index (χ2n) is 6.45. The summed E-state index contributed by atoms with van der Waals surface area (Å²) in [6.07, 6.45) is 0. The number of benzene rings is 3. The van der Waals surface area contributed by atoms with E-state index in [0.29, 0.717) is 10.2 Å². The summed E-state index contributed by atoms with van der Waals surface area (Å²) in [5, 5.41) is -1.82. The van der Waals surface area contributed by atoms with Gasteiger partial charge in [-0.25, -0.2) is 18.0 Å². The van der Waals surface area contributed by atoms with Gasteiger partial charge in [-0.05, 0) is 41.7 Å². The monoisotopic (exact) mass is 429 g/mol. The van der Waals surface area contributed by atoms with Gasteiger partial charge in [-0.15, -0.1) is 0 Å². The van der Waals surface area contributed by atoms with E-state index in [1.54, 1.807) is 42.5 Å². The number of hydrogen-bond acceptors (Lipinski definition) is 5. The molecule has 0 spiro atoms. The maximum absolute atomic E-state index is 12.8. The molecule has 148 valence electrons. The number of aryl methyl sites for hydroxylation is 1. The van der Waals surface area contributed by atoms with Gasteiger partial charge in [0, 0.05) is 5.56 Å². The lowest BCUT2D eigenvalue weighted by Crippen LogP contribution is -2.21. The molecular weight excluding hydrogens is 414 g/mol. The van der Waals surface area contributed by atoms with Gasteiger partial charge in [0.15, 0.2) is 0 Å². The Balaban J connectivity index is 1.63. The Bertz CT molecular complexity index is 1170. The van der Waals surface area contributed by atoms with Gasteiger partial charge in [0.1, 0.15) is 5.75 Å². The average Bonchev–Trinajstić information content (AvgIpc) is 3.44. The summed E-state index contributed by atoms with van der Waals surface area (Å²) < 4.78 is 31.7. The Morgan fingerprint density at radius 3 is 2.28 bits per heavy atom. The highest BCUT2D eigenvalue weighted by molar-refractivity contribution is 7.89. The molecule has 3 aromatic rings. The molecule has 0 aromatic heterocycles. The van der Waals surface area contributed by atoms with E-state index in [0.717, 1.165) is 5.56 Å². The molecule has 0 aliphatic carbocycles. The van der Waals surface area contributed by atoms with Gasteiger partial charge < -0.3 is 4.74 Å². The number of ether oxygens (including phenoxy) is 1. The van der Waals surface area contributed by atoms with Crippen molar-refractivity contribution in [2.24, 2.45) is 0 Å². The molecule has 29 heavy (non-hydrogen) atoms. The minimum atomic E-state index is -4.00. The number of halogens is 1. The van der Waals surface area contributed by atoms with Gasteiger partial charge in [0.2, 0.25) is 0 Å². The summed E-state index contributed by atoms with van der Waals surface area (Å²) in [6.45, 7) is 1.92. The van der Waals surface area contributed by atoms with E-state index in [1.165, 1.54) is 24.3 Å². The first-order chi connectivity index (χ1) is 13.8. The maximum Gasteiger partial charge on any atom is 0.344 e. The number of rotatable bonds is 5. The average molecular weight is 430 g/mol. The van der Waals surface area contributed by atoms with Crippen LogP contribution in [-0.4, -0.2) is 18.9 Å². The molecule has 4 rings (SSSR count). The molecule has 0 radical (unpaired) electrons. The predicted molar refractivity (Wildman–Crippen MR) is 107 cm³/mol. The van der Waals surface area contributed by atoms with E-state index < -0.39 is 21.2 Å². The van der Waals surface area contributed by atoms with Crippen molar-refractivity contribution in [1.82, 2.24) is 4.47 Å². The lowest BCUT2D eigenvalue weighted by Gasteiger charge is -2.11. The summed E-state index contributed by atoms with van der Waals surface area (Å²) in [5.41, 5.74) is 1.31. The third-order valence-corrected chi connectivity index (χ3v) is 6.54. The van der Waals surface area contributed by atoms with Crippen LogP contribution in [-0.2, 0) is 20.0 Å². The first kappa shape index (κ1) is 19.6. The molecule has 0 amide bonds. The van der Waals surface area contributed by atoms with Crippen molar-refractivity contribution in [3.63, 3.8) is 0 Å². The third kappa shape index (κ3) is 3.65. The Morgan fingerprint density at radius 1 is 0.966 bits per heavy atom. The molecule has 1 saturated heterocycles. The molecular formula is C21H16ClNO5S. The van der Waals surface area contributed by atoms with Gasteiger partial charge in [0.25, 0.3) is 15.2 Å². The number of alkyl halides is 1. The Labute approximate surface area is 173 Å². The zero-order valence-corrected chi connectivity index (χ0v) is 16.9. The van der Waals surface area contributed by atoms with Crippen LogP contribution in [0.2, 0.25) is 0 Å². The van der Waals surface area contributed by atoms with Gasteiger partial charge >= 0.3 is 5.97 Å². The van der Waals surface area contributed by atoms with E-state index in [2.05, 4.69) is 0 Å². The summed E-state index contributed by atoms with van der Waals surface area (Å²) in [7, 11) is -4.00. The molecule has 1 aliphatic heterocycles. The number of carbonyl (C=O) groups is 1.